The quantitative estimate of drug-likeness (QED) is 0.336. The number of imidazole rings is 1. The van der Waals surface area contributed by atoms with E-state index in [9.17, 15) is 14.9 Å². The third-order valence-electron chi connectivity index (χ3n) is 3.78. The van der Waals surface area contributed by atoms with Crippen LogP contribution in [0.1, 0.15) is 6.42 Å². The Morgan fingerprint density at radius 2 is 1.96 bits per heavy atom. The molecule has 0 aliphatic carbocycles. The summed E-state index contributed by atoms with van der Waals surface area (Å²) in [6.45, 7) is 0.299. The van der Waals surface area contributed by atoms with E-state index in [1.165, 1.54) is 28.4 Å². The number of rotatable bonds is 7. The highest BCUT2D eigenvalue weighted by Crippen LogP contribution is 2.42. The van der Waals surface area contributed by atoms with Crippen LogP contribution in [0.5, 0.6) is 0 Å². The Hall–Kier alpha value is -2.89. The Bertz CT molecular complexity index is 1050. The second-order valence-electron chi connectivity index (χ2n) is 5.68. The molecule has 11 heteroatoms. The van der Waals surface area contributed by atoms with Crippen molar-refractivity contribution in [3.63, 3.8) is 0 Å². The first-order valence-corrected chi connectivity index (χ1v) is 10.7. The van der Waals surface area contributed by atoms with Crippen LogP contribution < -0.4 is 5.32 Å². The van der Waals surface area contributed by atoms with Crippen molar-refractivity contribution >= 4 is 50.9 Å². The van der Waals surface area contributed by atoms with E-state index in [1.807, 2.05) is 35.0 Å². The summed E-state index contributed by atoms with van der Waals surface area (Å²) < 4.78 is 1.52. The average molecular weight is 432 g/mol. The van der Waals surface area contributed by atoms with Crippen LogP contribution in [0.15, 0.2) is 47.5 Å². The van der Waals surface area contributed by atoms with Gasteiger partial charge in [-0.05, 0) is 32.8 Å². The van der Waals surface area contributed by atoms with E-state index < -0.39 is 4.92 Å². The first kappa shape index (κ1) is 18.5. The van der Waals surface area contributed by atoms with Gasteiger partial charge in [0.05, 0.1) is 9.75 Å². The van der Waals surface area contributed by atoms with Gasteiger partial charge in [-0.1, -0.05) is 23.5 Å². The van der Waals surface area contributed by atoms with Crippen molar-refractivity contribution in [3.05, 3.63) is 57.7 Å². The van der Waals surface area contributed by atoms with E-state index >= 15 is 0 Å². The second-order valence-corrected chi connectivity index (χ2v) is 8.57. The Labute approximate surface area is 171 Å². The van der Waals surface area contributed by atoms with E-state index in [4.69, 9.17) is 0 Å². The molecule has 4 rings (SSSR count). The lowest BCUT2D eigenvalue weighted by atomic mass is 10.3. The molecule has 4 heterocycles. The molecule has 0 aliphatic heterocycles. The molecule has 8 nitrogen and oxygen atoms in total. The van der Waals surface area contributed by atoms with Crippen molar-refractivity contribution in [1.82, 2.24) is 14.5 Å². The molecule has 0 bridgehead atoms. The zero-order valence-electron chi connectivity index (χ0n) is 14.3. The number of thiazole rings is 1. The lowest BCUT2D eigenvalue weighted by Gasteiger charge is -2.01. The van der Waals surface area contributed by atoms with Gasteiger partial charge in [-0.2, -0.15) is 0 Å². The largest absolute Gasteiger partial charge is 0.381 e. The molecule has 0 spiro atoms. The van der Waals surface area contributed by atoms with Crippen molar-refractivity contribution in [3.8, 4) is 20.3 Å². The maximum Gasteiger partial charge on any atom is 0.381 e. The van der Waals surface area contributed by atoms with Gasteiger partial charge in [0, 0.05) is 17.8 Å². The van der Waals surface area contributed by atoms with Gasteiger partial charge in [0.1, 0.15) is 11.9 Å². The summed E-state index contributed by atoms with van der Waals surface area (Å²) in [7, 11) is 0. The van der Waals surface area contributed by atoms with E-state index in [-0.39, 0.29) is 18.1 Å². The van der Waals surface area contributed by atoms with E-state index in [1.54, 1.807) is 22.7 Å². The fourth-order valence-corrected chi connectivity index (χ4v) is 5.14. The van der Waals surface area contributed by atoms with Crippen LogP contribution >= 0.6 is 34.0 Å². The number of carbonyl (C=O) groups is 1. The van der Waals surface area contributed by atoms with E-state index in [2.05, 4.69) is 15.3 Å². The summed E-state index contributed by atoms with van der Waals surface area (Å²) in [6, 6.07) is 8.00. The molecule has 0 radical (unpaired) electrons. The van der Waals surface area contributed by atoms with Crippen LogP contribution in [0.3, 0.4) is 0 Å². The van der Waals surface area contributed by atoms with Crippen LogP contribution in [0.25, 0.3) is 20.3 Å². The Morgan fingerprint density at radius 3 is 2.61 bits per heavy atom. The van der Waals surface area contributed by atoms with E-state index in [0.29, 0.717) is 11.7 Å². The molecule has 0 saturated carbocycles. The minimum absolute atomic E-state index is 0.162. The maximum absolute atomic E-state index is 12.3. The van der Waals surface area contributed by atoms with Crippen LogP contribution in [0, 0.1) is 10.1 Å². The monoisotopic (exact) mass is 431 g/mol. The van der Waals surface area contributed by atoms with Crippen molar-refractivity contribution in [2.45, 2.75) is 13.0 Å². The van der Waals surface area contributed by atoms with Crippen molar-refractivity contribution in [1.29, 1.82) is 0 Å². The summed E-state index contributed by atoms with van der Waals surface area (Å²) in [5, 5.41) is 18.0. The number of hydrogen-bond donors (Lipinski definition) is 1. The molecular weight excluding hydrogens is 418 g/mol. The summed E-state index contributed by atoms with van der Waals surface area (Å²) in [6.07, 6.45) is 2.81. The van der Waals surface area contributed by atoms with Crippen LogP contribution in [0.4, 0.5) is 10.9 Å². The highest BCUT2D eigenvalue weighted by molar-refractivity contribution is 7.24. The van der Waals surface area contributed by atoms with Crippen molar-refractivity contribution in [2.24, 2.45) is 0 Å². The molecule has 4 aromatic rings. The van der Waals surface area contributed by atoms with Crippen molar-refractivity contribution < 1.29 is 9.72 Å². The zero-order chi connectivity index (χ0) is 19.5. The van der Waals surface area contributed by atoms with Crippen LogP contribution in [-0.2, 0) is 11.3 Å². The minimum atomic E-state index is -0.565. The molecule has 1 amide bonds. The molecule has 0 fully saturated rings. The molecule has 0 saturated heterocycles. The number of carbonyl (C=O) groups excluding carboxylic acids is 1. The summed E-state index contributed by atoms with van der Waals surface area (Å²) in [5.41, 5.74) is 0.864. The van der Waals surface area contributed by atoms with Gasteiger partial charge in [-0.25, -0.2) is 4.98 Å². The van der Waals surface area contributed by atoms with Crippen molar-refractivity contribution in [2.75, 3.05) is 5.32 Å². The molecule has 0 aromatic carbocycles. The molecule has 0 atom stereocenters. The summed E-state index contributed by atoms with van der Waals surface area (Å²) >= 11 is 4.67. The van der Waals surface area contributed by atoms with Gasteiger partial charge in [0.15, 0.2) is 5.13 Å². The number of amides is 1. The van der Waals surface area contributed by atoms with Gasteiger partial charge >= 0.3 is 5.82 Å². The minimum Gasteiger partial charge on any atom is -0.358 e. The molecule has 142 valence electrons. The fourth-order valence-electron chi connectivity index (χ4n) is 2.51. The van der Waals surface area contributed by atoms with E-state index in [0.717, 1.165) is 20.3 Å². The number of nitro groups is 1. The highest BCUT2D eigenvalue weighted by Gasteiger charge is 2.18. The smallest absolute Gasteiger partial charge is 0.358 e. The average Bonchev–Trinajstić information content (AvgIpc) is 3.47. The third kappa shape index (κ3) is 4.01. The number of nitrogens with zero attached hydrogens (tertiary/aromatic N) is 4. The number of nitrogens with one attached hydrogen (secondary N) is 1. The second kappa shape index (κ2) is 8.00. The number of aryl methyl sites for hydroxylation is 1. The summed E-state index contributed by atoms with van der Waals surface area (Å²) in [5.74, 6) is -0.443. The number of anilines is 1. The fraction of sp³-hybridized carbons (Fsp3) is 0.118. The highest BCUT2D eigenvalue weighted by atomic mass is 32.1. The van der Waals surface area contributed by atoms with Gasteiger partial charge in [-0.15, -0.1) is 22.7 Å². The molecular formula is C17H13N5O3S3. The standard InChI is InChI=1S/C17H13N5O3S3/c23-14(5-6-21-9-13(18-10-21)22(24)25)19-17-20-15(11-3-1-7-26-11)16(28-17)12-4-2-8-27-12/h1-4,7-10H,5-6H2,(H,19,20,23). The maximum atomic E-state index is 12.3. The SMILES string of the molecule is O=C(CCn1cnc([N+](=O)[O-])c1)Nc1nc(-c2cccs2)c(-c2cccs2)s1. The predicted molar refractivity (Wildman–Crippen MR) is 111 cm³/mol. The normalized spacial score (nSPS) is 10.9. The molecule has 4 aromatic heterocycles. The van der Waals surface area contributed by atoms with Crippen LogP contribution in [0.2, 0.25) is 0 Å². The van der Waals surface area contributed by atoms with Crippen LogP contribution in [-0.4, -0.2) is 25.4 Å². The first-order valence-electron chi connectivity index (χ1n) is 8.15. The zero-order valence-corrected chi connectivity index (χ0v) is 16.7. The third-order valence-corrected chi connectivity index (χ3v) is 6.67. The number of aromatic nitrogens is 3. The number of thiophene rings is 2. The lowest BCUT2D eigenvalue weighted by Crippen LogP contribution is -2.13. The van der Waals surface area contributed by atoms with Gasteiger partial charge in [0.2, 0.25) is 12.2 Å². The Kier molecular flexibility index (Phi) is 5.28. The molecule has 0 aliphatic rings. The molecule has 28 heavy (non-hydrogen) atoms. The first-order chi connectivity index (χ1) is 13.6. The van der Waals surface area contributed by atoms with Gasteiger partial charge in [-0.3, -0.25) is 4.79 Å². The molecule has 1 N–H and O–H groups in total. The van der Waals surface area contributed by atoms with Gasteiger partial charge in [0.25, 0.3) is 0 Å². The predicted octanol–water partition coefficient (Wildman–Crippen LogP) is 4.73. The Balaban J connectivity index is 1.47. The Morgan fingerprint density at radius 1 is 1.21 bits per heavy atom. The lowest BCUT2D eigenvalue weighted by molar-refractivity contribution is -0.389. The topological polar surface area (TPSA) is 103 Å². The molecule has 0 unspecified atom stereocenters. The van der Waals surface area contributed by atoms with Gasteiger partial charge < -0.3 is 20.0 Å². The summed E-state index contributed by atoms with van der Waals surface area (Å²) in [4.78, 5) is 33.9. The number of hydrogen-bond acceptors (Lipinski definition) is 8.